The van der Waals surface area contributed by atoms with Gasteiger partial charge in [-0.2, -0.15) is 0 Å². The van der Waals surface area contributed by atoms with Gasteiger partial charge in [0.15, 0.2) is 0 Å². The monoisotopic (exact) mass is 473 g/mol. The van der Waals surface area contributed by atoms with E-state index in [2.05, 4.69) is 0 Å². The second-order valence-electron chi connectivity index (χ2n) is 6.65. The SMILES string of the molecule is CCN1C(=O)C(=Cc2c(OCc3ccc(Cl)cc3Cl)ccc3ccccc23)SC1=S. The van der Waals surface area contributed by atoms with Crippen molar-refractivity contribution in [3.8, 4) is 5.75 Å². The maximum atomic E-state index is 12.7. The molecule has 0 saturated carbocycles. The standard InChI is InChI=1S/C23H17Cl2NO2S2/c1-2-26-22(27)21(30-23(26)29)12-18-17-6-4-3-5-14(17)8-10-20(18)28-13-15-7-9-16(24)11-19(15)25/h3-12H,2,13H2,1H3. The molecule has 152 valence electrons. The van der Waals surface area contributed by atoms with Gasteiger partial charge in [-0.15, -0.1) is 0 Å². The molecule has 4 rings (SSSR count). The number of rotatable bonds is 5. The zero-order valence-corrected chi connectivity index (χ0v) is 19.2. The molecule has 0 N–H and O–H groups in total. The maximum Gasteiger partial charge on any atom is 0.266 e. The number of halogens is 2. The van der Waals surface area contributed by atoms with Crippen LogP contribution in [0.1, 0.15) is 18.1 Å². The smallest absolute Gasteiger partial charge is 0.266 e. The number of ether oxygens (including phenoxy) is 1. The van der Waals surface area contributed by atoms with Crippen molar-refractivity contribution >= 4 is 74.3 Å². The summed E-state index contributed by atoms with van der Waals surface area (Å²) >= 11 is 18.9. The largest absolute Gasteiger partial charge is 0.488 e. The summed E-state index contributed by atoms with van der Waals surface area (Å²) in [6.07, 6.45) is 1.87. The van der Waals surface area contributed by atoms with Crippen LogP contribution in [0, 0.1) is 0 Å². The molecule has 0 atom stereocenters. The maximum absolute atomic E-state index is 12.7. The highest BCUT2D eigenvalue weighted by Crippen LogP contribution is 2.37. The number of thioether (sulfide) groups is 1. The van der Waals surface area contributed by atoms with Gasteiger partial charge in [-0.05, 0) is 42.0 Å². The van der Waals surface area contributed by atoms with E-state index in [1.54, 1.807) is 17.0 Å². The summed E-state index contributed by atoms with van der Waals surface area (Å²) < 4.78 is 6.71. The predicted octanol–water partition coefficient (Wildman–Crippen LogP) is 6.95. The molecule has 3 aromatic rings. The van der Waals surface area contributed by atoms with Crippen LogP contribution in [0.4, 0.5) is 0 Å². The third-order valence-corrected chi connectivity index (χ3v) is 6.76. The first-order valence-electron chi connectivity index (χ1n) is 9.31. The van der Waals surface area contributed by atoms with Gasteiger partial charge in [-0.25, -0.2) is 0 Å². The fourth-order valence-corrected chi connectivity index (χ4v) is 5.08. The van der Waals surface area contributed by atoms with Gasteiger partial charge in [-0.3, -0.25) is 9.69 Å². The summed E-state index contributed by atoms with van der Waals surface area (Å²) in [7, 11) is 0. The lowest BCUT2D eigenvalue weighted by Gasteiger charge is -2.14. The number of hydrogen-bond donors (Lipinski definition) is 0. The first kappa shape index (κ1) is 21.2. The topological polar surface area (TPSA) is 29.5 Å². The highest BCUT2D eigenvalue weighted by molar-refractivity contribution is 8.26. The molecular formula is C23H17Cl2NO2S2. The van der Waals surface area contributed by atoms with Crippen molar-refractivity contribution in [3.63, 3.8) is 0 Å². The number of carbonyl (C=O) groups excluding carboxylic acids is 1. The van der Waals surface area contributed by atoms with E-state index in [9.17, 15) is 4.79 Å². The molecule has 1 fully saturated rings. The molecule has 0 unspecified atom stereocenters. The van der Waals surface area contributed by atoms with Crippen LogP contribution >= 0.6 is 47.2 Å². The molecule has 3 nitrogen and oxygen atoms in total. The van der Waals surface area contributed by atoms with E-state index in [4.69, 9.17) is 40.2 Å². The Morgan fingerprint density at radius 3 is 2.67 bits per heavy atom. The van der Waals surface area contributed by atoms with Crippen LogP contribution in [-0.4, -0.2) is 21.7 Å². The lowest BCUT2D eigenvalue weighted by molar-refractivity contribution is -0.121. The van der Waals surface area contributed by atoms with Crippen LogP contribution in [0.5, 0.6) is 5.75 Å². The van der Waals surface area contributed by atoms with Gasteiger partial charge in [0, 0.05) is 27.7 Å². The van der Waals surface area contributed by atoms with Crippen molar-refractivity contribution in [2.75, 3.05) is 6.54 Å². The zero-order valence-electron chi connectivity index (χ0n) is 16.0. The molecule has 1 aliphatic heterocycles. The zero-order chi connectivity index (χ0) is 21.3. The fourth-order valence-electron chi connectivity index (χ4n) is 3.25. The highest BCUT2D eigenvalue weighted by atomic mass is 35.5. The number of amides is 1. The number of carbonyl (C=O) groups is 1. The Hall–Kier alpha value is -2.05. The Balaban J connectivity index is 1.74. The number of nitrogens with zero attached hydrogens (tertiary/aromatic N) is 1. The molecule has 30 heavy (non-hydrogen) atoms. The van der Waals surface area contributed by atoms with E-state index >= 15 is 0 Å². The quantitative estimate of drug-likeness (QED) is 0.296. The molecule has 0 bridgehead atoms. The molecule has 3 aromatic carbocycles. The van der Waals surface area contributed by atoms with Crippen LogP contribution in [-0.2, 0) is 11.4 Å². The molecule has 0 spiro atoms. The molecule has 0 aromatic heterocycles. The number of thiocarbonyl (C=S) groups is 1. The molecule has 1 amide bonds. The summed E-state index contributed by atoms with van der Waals surface area (Å²) in [5, 5.41) is 3.19. The van der Waals surface area contributed by atoms with E-state index in [0.717, 1.165) is 21.9 Å². The van der Waals surface area contributed by atoms with Gasteiger partial charge in [0.25, 0.3) is 5.91 Å². The average molecular weight is 474 g/mol. The minimum atomic E-state index is -0.0767. The van der Waals surface area contributed by atoms with Crippen molar-refractivity contribution in [3.05, 3.63) is 80.7 Å². The predicted molar refractivity (Wildman–Crippen MR) is 130 cm³/mol. The molecule has 0 aliphatic carbocycles. The van der Waals surface area contributed by atoms with E-state index < -0.39 is 0 Å². The van der Waals surface area contributed by atoms with Gasteiger partial charge in [0.1, 0.15) is 16.7 Å². The van der Waals surface area contributed by atoms with E-state index in [-0.39, 0.29) is 12.5 Å². The summed E-state index contributed by atoms with van der Waals surface area (Å²) in [5.74, 6) is 0.591. The third kappa shape index (κ3) is 4.21. The summed E-state index contributed by atoms with van der Waals surface area (Å²) in [4.78, 5) is 14.9. The van der Waals surface area contributed by atoms with Gasteiger partial charge in [0.05, 0.1) is 4.91 Å². The average Bonchev–Trinajstić information content (AvgIpc) is 3.00. The third-order valence-electron chi connectivity index (χ3n) is 4.79. The Labute approximate surface area is 194 Å². The van der Waals surface area contributed by atoms with Crippen molar-refractivity contribution in [2.24, 2.45) is 0 Å². The minimum absolute atomic E-state index is 0.0767. The van der Waals surface area contributed by atoms with E-state index in [1.807, 2.05) is 55.5 Å². The highest BCUT2D eigenvalue weighted by Gasteiger charge is 2.31. The first-order chi connectivity index (χ1) is 14.5. The van der Waals surface area contributed by atoms with Crippen LogP contribution in [0.2, 0.25) is 10.0 Å². The van der Waals surface area contributed by atoms with Crippen LogP contribution < -0.4 is 4.74 Å². The fraction of sp³-hybridized carbons (Fsp3) is 0.130. The van der Waals surface area contributed by atoms with Gasteiger partial charge in [0.2, 0.25) is 0 Å². The van der Waals surface area contributed by atoms with Crippen LogP contribution in [0.15, 0.2) is 59.5 Å². The summed E-state index contributed by atoms with van der Waals surface area (Å²) in [6.45, 7) is 2.75. The normalized spacial score (nSPS) is 15.4. The molecular weight excluding hydrogens is 457 g/mol. The number of likely N-dealkylation sites (N-methyl/N-ethyl adjacent to an activating group) is 1. The molecule has 1 heterocycles. The molecule has 7 heteroatoms. The number of hydrogen-bond acceptors (Lipinski definition) is 4. The molecule has 1 aliphatic rings. The number of fused-ring (bicyclic) bond motifs is 1. The molecule has 1 saturated heterocycles. The Morgan fingerprint density at radius 1 is 1.13 bits per heavy atom. The van der Waals surface area contributed by atoms with Crippen LogP contribution in [0.3, 0.4) is 0 Å². The summed E-state index contributed by atoms with van der Waals surface area (Å²) in [6, 6.07) is 17.2. The van der Waals surface area contributed by atoms with Crippen LogP contribution in [0.25, 0.3) is 16.8 Å². The Bertz CT molecular complexity index is 1190. The van der Waals surface area contributed by atoms with Gasteiger partial charge >= 0.3 is 0 Å². The van der Waals surface area contributed by atoms with E-state index in [1.165, 1.54) is 11.8 Å². The molecule has 0 radical (unpaired) electrons. The summed E-state index contributed by atoms with van der Waals surface area (Å²) in [5.41, 5.74) is 1.67. The first-order valence-corrected chi connectivity index (χ1v) is 11.3. The lowest BCUT2D eigenvalue weighted by Crippen LogP contribution is -2.27. The lowest BCUT2D eigenvalue weighted by atomic mass is 10.0. The van der Waals surface area contributed by atoms with Crippen molar-refractivity contribution in [2.45, 2.75) is 13.5 Å². The van der Waals surface area contributed by atoms with Crippen molar-refractivity contribution < 1.29 is 9.53 Å². The number of benzene rings is 3. The van der Waals surface area contributed by atoms with Crippen molar-refractivity contribution in [1.82, 2.24) is 4.90 Å². The van der Waals surface area contributed by atoms with Gasteiger partial charge < -0.3 is 4.74 Å². The second kappa shape index (κ2) is 8.98. The Kier molecular flexibility index (Phi) is 6.34. The Morgan fingerprint density at radius 2 is 1.93 bits per heavy atom. The second-order valence-corrected chi connectivity index (χ2v) is 9.17. The van der Waals surface area contributed by atoms with E-state index in [0.29, 0.717) is 31.6 Å². The van der Waals surface area contributed by atoms with Gasteiger partial charge in [-0.1, -0.05) is 83.6 Å². The van der Waals surface area contributed by atoms with Crippen molar-refractivity contribution in [1.29, 1.82) is 0 Å². The minimum Gasteiger partial charge on any atom is -0.488 e.